The van der Waals surface area contributed by atoms with E-state index in [0.717, 1.165) is 42.2 Å². The molecule has 0 spiro atoms. The summed E-state index contributed by atoms with van der Waals surface area (Å²) < 4.78 is 7.27. The lowest BCUT2D eigenvalue weighted by atomic mass is 10.0. The Morgan fingerprint density at radius 2 is 2.25 bits per heavy atom. The van der Waals surface area contributed by atoms with Crippen molar-refractivity contribution in [2.45, 2.75) is 39.4 Å². The van der Waals surface area contributed by atoms with E-state index >= 15 is 0 Å². The number of aliphatic hydroxyl groups is 1. The minimum atomic E-state index is 0.117. The smallest absolute Gasteiger partial charge is 0.138 e. The molecule has 3 heterocycles. The number of aryl methyl sites for hydroxylation is 3. The maximum Gasteiger partial charge on any atom is 0.138 e. The van der Waals surface area contributed by atoms with Crippen molar-refractivity contribution >= 4 is 0 Å². The Hall–Kier alpha value is -1.66. The normalized spacial score (nSPS) is 19.3. The van der Waals surface area contributed by atoms with Gasteiger partial charge in [-0.3, -0.25) is 4.90 Å². The van der Waals surface area contributed by atoms with Crippen molar-refractivity contribution in [2.24, 2.45) is 7.05 Å². The number of nitrogens with zero attached hydrogens (tertiary/aromatic N) is 4. The van der Waals surface area contributed by atoms with Crippen LogP contribution in [0.25, 0.3) is 0 Å². The Labute approximate surface area is 118 Å². The fourth-order valence-corrected chi connectivity index (χ4v) is 2.87. The molecule has 1 aliphatic heterocycles. The lowest BCUT2D eigenvalue weighted by molar-refractivity contribution is 0.0961. The average molecular weight is 276 g/mol. The summed E-state index contributed by atoms with van der Waals surface area (Å²) in [5.74, 6) is 0.853. The molecule has 6 heteroatoms. The molecule has 0 fully saturated rings. The van der Waals surface area contributed by atoms with E-state index in [0.29, 0.717) is 0 Å². The highest BCUT2D eigenvalue weighted by Crippen LogP contribution is 2.25. The predicted molar refractivity (Wildman–Crippen MR) is 73.0 cm³/mol. The first-order valence-electron chi connectivity index (χ1n) is 6.86. The van der Waals surface area contributed by atoms with Crippen molar-refractivity contribution in [1.82, 2.24) is 19.6 Å². The molecule has 0 amide bonds. The SMILES string of the molecule is Cc1noc(C)c1CN1Cc2ncn(C)c2CC1CO. The fourth-order valence-electron chi connectivity index (χ4n) is 2.87. The molecule has 3 rings (SSSR count). The third kappa shape index (κ3) is 2.14. The van der Waals surface area contributed by atoms with E-state index < -0.39 is 0 Å². The van der Waals surface area contributed by atoms with Crippen molar-refractivity contribution in [2.75, 3.05) is 6.61 Å². The maximum atomic E-state index is 9.67. The van der Waals surface area contributed by atoms with Crippen LogP contribution in [0.2, 0.25) is 0 Å². The molecule has 20 heavy (non-hydrogen) atoms. The van der Waals surface area contributed by atoms with Gasteiger partial charge in [-0.25, -0.2) is 4.98 Å². The van der Waals surface area contributed by atoms with Crippen LogP contribution in [0.1, 0.15) is 28.4 Å². The van der Waals surface area contributed by atoms with Gasteiger partial charge in [-0.05, 0) is 13.8 Å². The van der Waals surface area contributed by atoms with Crippen LogP contribution in [-0.2, 0) is 26.6 Å². The van der Waals surface area contributed by atoms with E-state index in [1.54, 1.807) is 0 Å². The molecular formula is C14H20N4O2. The van der Waals surface area contributed by atoms with Gasteiger partial charge in [0.05, 0.1) is 24.3 Å². The first-order valence-corrected chi connectivity index (χ1v) is 6.86. The van der Waals surface area contributed by atoms with Crippen LogP contribution in [-0.4, -0.2) is 37.4 Å². The Balaban J connectivity index is 1.86. The molecule has 108 valence electrons. The van der Waals surface area contributed by atoms with Crippen molar-refractivity contribution in [3.05, 3.63) is 34.7 Å². The maximum absolute atomic E-state index is 9.67. The third-order valence-corrected chi connectivity index (χ3v) is 4.20. The zero-order valence-corrected chi connectivity index (χ0v) is 12.1. The number of rotatable bonds is 3. The number of hydrogen-bond donors (Lipinski definition) is 1. The largest absolute Gasteiger partial charge is 0.395 e. The minimum Gasteiger partial charge on any atom is -0.395 e. The molecule has 0 bridgehead atoms. The zero-order chi connectivity index (χ0) is 14.3. The average Bonchev–Trinajstić information content (AvgIpc) is 2.95. The van der Waals surface area contributed by atoms with E-state index in [1.807, 2.05) is 31.8 Å². The van der Waals surface area contributed by atoms with Crippen molar-refractivity contribution in [3.63, 3.8) is 0 Å². The summed E-state index contributed by atoms with van der Waals surface area (Å²) in [4.78, 5) is 6.70. The van der Waals surface area contributed by atoms with Crippen LogP contribution in [0.5, 0.6) is 0 Å². The van der Waals surface area contributed by atoms with Gasteiger partial charge in [0.15, 0.2) is 0 Å². The molecule has 0 saturated carbocycles. The molecule has 1 N–H and O–H groups in total. The van der Waals surface area contributed by atoms with Gasteiger partial charge in [-0.1, -0.05) is 5.16 Å². The molecule has 1 atom stereocenters. The highest BCUT2D eigenvalue weighted by Gasteiger charge is 2.29. The lowest BCUT2D eigenvalue weighted by Gasteiger charge is -2.34. The van der Waals surface area contributed by atoms with Crippen LogP contribution in [0.3, 0.4) is 0 Å². The number of fused-ring (bicyclic) bond motifs is 1. The van der Waals surface area contributed by atoms with E-state index in [1.165, 1.54) is 5.69 Å². The number of aromatic nitrogens is 3. The summed E-state index contributed by atoms with van der Waals surface area (Å²) in [6, 6.07) is 0.117. The van der Waals surface area contributed by atoms with Crippen LogP contribution in [0.15, 0.2) is 10.9 Å². The van der Waals surface area contributed by atoms with Gasteiger partial charge in [0.2, 0.25) is 0 Å². The first kappa shape index (κ1) is 13.3. The Morgan fingerprint density at radius 3 is 2.90 bits per heavy atom. The molecule has 2 aromatic heterocycles. The minimum absolute atomic E-state index is 0.117. The highest BCUT2D eigenvalue weighted by molar-refractivity contribution is 5.23. The second-order valence-electron chi connectivity index (χ2n) is 5.50. The highest BCUT2D eigenvalue weighted by atomic mass is 16.5. The van der Waals surface area contributed by atoms with Gasteiger partial charge < -0.3 is 14.2 Å². The molecule has 0 saturated heterocycles. The summed E-state index contributed by atoms with van der Waals surface area (Å²) in [6.45, 7) is 5.53. The summed E-state index contributed by atoms with van der Waals surface area (Å²) in [7, 11) is 2.00. The first-order chi connectivity index (χ1) is 9.60. The number of aliphatic hydroxyl groups excluding tert-OH is 1. The monoisotopic (exact) mass is 276 g/mol. The van der Waals surface area contributed by atoms with E-state index in [4.69, 9.17) is 4.52 Å². The number of hydrogen-bond acceptors (Lipinski definition) is 5. The molecule has 0 radical (unpaired) electrons. The third-order valence-electron chi connectivity index (χ3n) is 4.20. The Kier molecular flexibility index (Phi) is 3.35. The van der Waals surface area contributed by atoms with Crippen molar-refractivity contribution in [1.29, 1.82) is 0 Å². The van der Waals surface area contributed by atoms with E-state index in [2.05, 4.69) is 15.0 Å². The second-order valence-corrected chi connectivity index (χ2v) is 5.50. The molecule has 1 unspecified atom stereocenters. The van der Waals surface area contributed by atoms with E-state index in [-0.39, 0.29) is 12.6 Å². The van der Waals surface area contributed by atoms with Gasteiger partial charge in [0, 0.05) is 43.9 Å². The van der Waals surface area contributed by atoms with E-state index in [9.17, 15) is 5.11 Å². The predicted octanol–water partition coefficient (Wildman–Crippen LogP) is 0.944. The molecule has 1 aliphatic rings. The zero-order valence-electron chi connectivity index (χ0n) is 12.1. The lowest BCUT2D eigenvalue weighted by Crippen LogP contribution is -2.42. The van der Waals surface area contributed by atoms with Gasteiger partial charge >= 0.3 is 0 Å². The van der Waals surface area contributed by atoms with Gasteiger partial charge in [0.25, 0.3) is 0 Å². The fraction of sp³-hybridized carbons (Fsp3) is 0.571. The van der Waals surface area contributed by atoms with Crippen LogP contribution < -0.4 is 0 Å². The summed E-state index contributed by atoms with van der Waals surface area (Å²) >= 11 is 0. The van der Waals surface area contributed by atoms with Crippen molar-refractivity contribution < 1.29 is 9.63 Å². The van der Waals surface area contributed by atoms with Gasteiger partial charge in [0.1, 0.15) is 5.76 Å². The van der Waals surface area contributed by atoms with Crippen LogP contribution in [0, 0.1) is 13.8 Å². The standard InChI is InChI=1S/C14H20N4O2/c1-9-12(10(2)20-16-9)5-18-6-13-14(4-11(18)7-19)17(3)8-15-13/h8,11,19H,4-7H2,1-3H3. The topological polar surface area (TPSA) is 67.3 Å². The molecule has 0 aliphatic carbocycles. The number of imidazole rings is 1. The molecule has 0 aromatic carbocycles. The summed E-state index contributed by atoms with van der Waals surface area (Å²) in [6.07, 6.45) is 2.67. The quantitative estimate of drug-likeness (QED) is 0.904. The molecular weight excluding hydrogens is 256 g/mol. The molecule has 6 nitrogen and oxygen atoms in total. The Bertz CT molecular complexity index is 597. The Morgan fingerprint density at radius 1 is 1.45 bits per heavy atom. The van der Waals surface area contributed by atoms with Gasteiger partial charge in [-0.2, -0.15) is 0 Å². The van der Waals surface area contributed by atoms with Crippen LogP contribution >= 0.6 is 0 Å². The molecule has 2 aromatic rings. The van der Waals surface area contributed by atoms with Crippen molar-refractivity contribution in [3.8, 4) is 0 Å². The van der Waals surface area contributed by atoms with Crippen LogP contribution in [0.4, 0.5) is 0 Å². The summed E-state index contributed by atoms with van der Waals surface area (Å²) in [5.41, 5.74) is 4.36. The second kappa shape index (κ2) is 5.03. The van der Waals surface area contributed by atoms with Gasteiger partial charge in [-0.15, -0.1) is 0 Å². The summed E-state index contributed by atoms with van der Waals surface area (Å²) in [5, 5.41) is 13.7.